The van der Waals surface area contributed by atoms with E-state index in [1.54, 1.807) is 12.1 Å². The first kappa shape index (κ1) is 17.5. The molecule has 0 saturated heterocycles. The largest absolute Gasteiger partial charge is 0.476 e. The number of benzene rings is 1. The van der Waals surface area contributed by atoms with Crippen molar-refractivity contribution >= 4 is 27.3 Å². The average molecular weight is 355 g/mol. The van der Waals surface area contributed by atoms with E-state index in [0.717, 1.165) is 5.56 Å². The summed E-state index contributed by atoms with van der Waals surface area (Å²) in [6.45, 7) is 2.38. The number of aromatic nitrogens is 1. The zero-order valence-electron chi connectivity index (χ0n) is 12.6. The molecular formula is C14H17N3O4S2. The zero-order valence-corrected chi connectivity index (χ0v) is 14.3. The Balaban J connectivity index is 2.15. The Morgan fingerprint density at radius 2 is 2.17 bits per heavy atom. The maximum Gasteiger partial charge on any atom is 0.355 e. The lowest BCUT2D eigenvalue weighted by molar-refractivity contribution is 0.0691. The van der Waals surface area contributed by atoms with E-state index in [0.29, 0.717) is 11.6 Å². The van der Waals surface area contributed by atoms with E-state index in [1.807, 2.05) is 24.9 Å². The molecule has 1 aromatic carbocycles. The number of primary sulfonamides is 1. The van der Waals surface area contributed by atoms with Crippen molar-refractivity contribution in [2.24, 2.45) is 5.14 Å². The molecular weight excluding hydrogens is 338 g/mol. The minimum atomic E-state index is -3.74. The average Bonchev–Trinajstić information content (AvgIpc) is 2.94. The van der Waals surface area contributed by atoms with E-state index in [9.17, 15) is 13.2 Å². The maximum atomic E-state index is 11.4. The van der Waals surface area contributed by atoms with Crippen LogP contribution in [0.3, 0.4) is 0 Å². The molecule has 0 saturated carbocycles. The Kier molecular flexibility index (Phi) is 5.15. The predicted molar refractivity (Wildman–Crippen MR) is 86.8 cm³/mol. The molecule has 2 rings (SSSR count). The third kappa shape index (κ3) is 4.35. The highest BCUT2D eigenvalue weighted by Gasteiger charge is 2.17. The van der Waals surface area contributed by atoms with Crippen molar-refractivity contribution in [1.82, 2.24) is 9.88 Å². The minimum absolute atomic E-state index is 0.0299. The van der Waals surface area contributed by atoms with Crippen LogP contribution in [-0.4, -0.2) is 36.4 Å². The first-order chi connectivity index (χ1) is 10.7. The SMILES string of the molecule is CC(c1cccc(S(N)(=O)=O)c1)N(C)Cc1nc(C(=O)O)cs1. The fourth-order valence-electron chi connectivity index (χ4n) is 2.04. The van der Waals surface area contributed by atoms with Crippen molar-refractivity contribution < 1.29 is 18.3 Å². The number of sulfonamides is 1. The molecule has 0 bridgehead atoms. The van der Waals surface area contributed by atoms with Crippen LogP contribution in [0.5, 0.6) is 0 Å². The maximum absolute atomic E-state index is 11.4. The van der Waals surface area contributed by atoms with E-state index in [-0.39, 0.29) is 16.6 Å². The molecule has 0 amide bonds. The summed E-state index contributed by atoms with van der Waals surface area (Å²) < 4.78 is 22.9. The predicted octanol–water partition coefficient (Wildman–Crippen LogP) is 1.68. The third-order valence-electron chi connectivity index (χ3n) is 3.49. The van der Waals surface area contributed by atoms with Crippen LogP contribution in [0.15, 0.2) is 34.5 Å². The molecule has 7 nitrogen and oxygen atoms in total. The molecule has 9 heteroatoms. The normalized spacial score (nSPS) is 13.2. The Labute approximate surface area is 138 Å². The Bertz CT molecular complexity index is 817. The Morgan fingerprint density at radius 3 is 2.74 bits per heavy atom. The number of hydrogen-bond donors (Lipinski definition) is 2. The molecule has 1 unspecified atom stereocenters. The van der Waals surface area contributed by atoms with E-state index in [1.165, 1.54) is 22.8 Å². The van der Waals surface area contributed by atoms with Gasteiger partial charge in [-0.15, -0.1) is 11.3 Å². The molecule has 3 N–H and O–H groups in total. The number of aromatic carboxylic acids is 1. The number of carbonyl (C=O) groups is 1. The number of carboxylic acids is 1. The van der Waals surface area contributed by atoms with E-state index in [4.69, 9.17) is 10.2 Å². The minimum Gasteiger partial charge on any atom is -0.476 e. The van der Waals surface area contributed by atoms with Crippen molar-refractivity contribution in [3.8, 4) is 0 Å². The van der Waals surface area contributed by atoms with Crippen LogP contribution in [-0.2, 0) is 16.6 Å². The summed E-state index contributed by atoms with van der Waals surface area (Å²) in [6, 6.07) is 6.37. The quantitative estimate of drug-likeness (QED) is 0.815. The number of carboxylic acid groups (broad SMARTS) is 1. The number of hydrogen-bond acceptors (Lipinski definition) is 6. The van der Waals surface area contributed by atoms with Crippen molar-refractivity contribution in [2.75, 3.05) is 7.05 Å². The van der Waals surface area contributed by atoms with Gasteiger partial charge in [0.15, 0.2) is 5.69 Å². The monoisotopic (exact) mass is 355 g/mol. The first-order valence-electron chi connectivity index (χ1n) is 6.69. The van der Waals surface area contributed by atoms with Gasteiger partial charge in [-0.05, 0) is 31.7 Å². The molecule has 0 aliphatic rings. The number of nitrogens with two attached hydrogens (primary N) is 1. The van der Waals surface area contributed by atoms with Gasteiger partial charge >= 0.3 is 5.97 Å². The van der Waals surface area contributed by atoms with Crippen molar-refractivity contribution in [3.05, 3.63) is 45.9 Å². The second kappa shape index (κ2) is 6.75. The molecule has 1 aromatic heterocycles. The van der Waals surface area contributed by atoms with Crippen LogP contribution in [0.25, 0.3) is 0 Å². The van der Waals surface area contributed by atoms with Crippen LogP contribution in [0.1, 0.15) is 34.0 Å². The van der Waals surface area contributed by atoms with Gasteiger partial charge in [0.25, 0.3) is 0 Å². The molecule has 0 aliphatic heterocycles. The van der Waals surface area contributed by atoms with E-state index < -0.39 is 16.0 Å². The highest BCUT2D eigenvalue weighted by molar-refractivity contribution is 7.89. The van der Waals surface area contributed by atoms with E-state index >= 15 is 0 Å². The molecule has 23 heavy (non-hydrogen) atoms. The molecule has 0 fully saturated rings. The number of thiazole rings is 1. The molecule has 124 valence electrons. The van der Waals surface area contributed by atoms with E-state index in [2.05, 4.69) is 4.98 Å². The van der Waals surface area contributed by atoms with Gasteiger partial charge in [-0.25, -0.2) is 23.3 Å². The lowest BCUT2D eigenvalue weighted by atomic mass is 10.1. The van der Waals surface area contributed by atoms with Crippen LogP contribution in [0.4, 0.5) is 0 Å². The van der Waals surface area contributed by atoms with Crippen molar-refractivity contribution in [2.45, 2.75) is 24.4 Å². The standard InChI is InChI=1S/C14H17N3O4S2/c1-9(10-4-3-5-11(6-10)23(15,20)21)17(2)7-13-16-12(8-22-13)14(18)19/h3-6,8-9H,7H2,1-2H3,(H,18,19)(H2,15,20,21). The summed E-state index contributed by atoms with van der Waals surface area (Å²) in [5, 5.41) is 16.2. The van der Waals surface area contributed by atoms with Gasteiger partial charge in [0.05, 0.1) is 11.4 Å². The van der Waals surface area contributed by atoms with Gasteiger partial charge in [-0.2, -0.15) is 0 Å². The lowest BCUT2D eigenvalue weighted by Crippen LogP contribution is -2.22. The van der Waals surface area contributed by atoms with Gasteiger partial charge in [0, 0.05) is 11.4 Å². The molecule has 0 aliphatic carbocycles. The topological polar surface area (TPSA) is 114 Å². The van der Waals surface area contributed by atoms with Crippen LogP contribution < -0.4 is 5.14 Å². The van der Waals surface area contributed by atoms with Gasteiger partial charge in [0.1, 0.15) is 5.01 Å². The fraction of sp³-hybridized carbons (Fsp3) is 0.286. The molecule has 2 aromatic rings. The summed E-state index contributed by atoms with van der Waals surface area (Å²) in [4.78, 5) is 16.9. The molecule has 1 atom stereocenters. The van der Waals surface area contributed by atoms with Gasteiger partial charge < -0.3 is 5.11 Å². The van der Waals surface area contributed by atoms with Gasteiger partial charge in [-0.1, -0.05) is 12.1 Å². The number of nitrogens with zero attached hydrogens (tertiary/aromatic N) is 2. The summed E-state index contributed by atoms with van der Waals surface area (Å²) in [5.41, 5.74) is 0.830. The fourth-order valence-corrected chi connectivity index (χ4v) is 3.44. The molecule has 0 spiro atoms. The summed E-state index contributed by atoms with van der Waals surface area (Å²) in [5.74, 6) is -1.05. The highest BCUT2D eigenvalue weighted by Crippen LogP contribution is 2.23. The molecule has 0 radical (unpaired) electrons. The van der Waals surface area contributed by atoms with Gasteiger partial charge in [-0.3, -0.25) is 4.90 Å². The van der Waals surface area contributed by atoms with Crippen LogP contribution in [0.2, 0.25) is 0 Å². The third-order valence-corrected chi connectivity index (χ3v) is 5.23. The summed E-state index contributed by atoms with van der Waals surface area (Å²) in [6.07, 6.45) is 0. The van der Waals surface area contributed by atoms with Crippen molar-refractivity contribution in [1.29, 1.82) is 0 Å². The highest BCUT2D eigenvalue weighted by atomic mass is 32.2. The Hall–Kier alpha value is -1.81. The smallest absolute Gasteiger partial charge is 0.355 e. The van der Waals surface area contributed by atoms with Crippen molar-refractivity contribution in [3.63, 3.8) is 0 Å². The Morgan fingerprint density at radius 1 is 1.48 bits per heavy atom. The second-order valence-corrected chi connectivity index (χ2v) is 7.64. The van der Waals surface area contributed by atoms with Crippen LogP contribution in [0, 0.1) is 0 Å². The summed E-state index contributed by atoms with van der Waals surface area (Å²) >= 11 is 1.28. The van der Waals surface area contributed by atoms with Crippen LogP contribution >= 0.6 is 11.3 Å². The zero-order chi connectivity index (χ0) is 17.2. The summed E-state index contributed by atoms with van der Waals surface area (Å²) in [7, 11) is -1.89. The lowest BCUT2D eigenvalue weighted by Gasteiger charge is -2.24. The number of rotatable bonds is 6. The first-order valence-corrected chi connectivity index (χ1v) is 9.12. The molecule has 1 heterocycles. The second-order valence-electron chi connectivity index (χ2n) is 5.14. The van der Waals surface area contributed by atoms with Gasteiger partial charge in [0.2, 0.25) is 10.0 Å².